The smallest absolute Gasteiger partial charge is 0.379 e. The van der Waals surface area contributed by atoms with Gasteiger partial charge in [0.15, 0.2) is 6.29 Å². The van der Waals surface area contributed by atoms with Gasteiger partial charge in [0.2, 0.25) is 0 Å². The SMILES string of the molecule is COCC(OC)OP(=O)(O)O. The highest BCUT2D eigenvalue weighted by Gasteiger charge is 2.21. The van der Waals surface area contributed by atoms with Crippen molar-refractivity contribution in [2.75, 3.05) is 20.8 Å². The van der Waals surface area contributed by atoms with Crippen LogP contribution in [0.5, 0.6) is 0 Å². The lowest BCUT2D eigenvalue weighted by atomic mass is 10.7. The van der Waals surface area contributed by atoms with Crippen LogP contribution in [0.25, 0.3) is 0 Å². The highest BCUT2D eigenvalue weighted by atomic mass is 31.2. The second-order valence-corrected chi connectivity index (χ2v) is 2.91. The van der Waals surface area contributed by atoms with Gasteiger partial charge in [-0.15, -0.1) is 0 Å². The van der Waals surface area contributed by atoms with Crippen molar-refractivity contribution in [3.05, 3.63) is 0 Å². The Morgan fingerprint density at radius 3 is 2.27 bits per heavy atom. The van der Waals surface area contributed by atoms with Crippen LogP contribution in [0, 0.1) is 0 Å². The standard InChI is InChI=1S/C4H11O6P/c1-8-3-4(9-2)10-11(5,6)7/h4H,3H2,1-2H3,(H2,5,6,7). The Bertz CT molecular complexity index is 142. The Labute approximate surface area is 64.3 Å². The van der Waals surface area contributed by atoms with E-state index in [0.29, 0.717) is 0 Å². The molecule has 0 aliphatic carbocycles. The van der Waals surface area contributed by atoms with Gasteiger partial charge in [-0.3, -0.25) is 4.52 Å². The van der Waals surface area contributed by atoms with Crippen LogP contribution in [-0.4, -0.2) is 36.9 Å². The molecule has 0 aliphatic rings. The fourth-order valence-electron chi connectivity index (χ4n) is 0.431. The van der Waals surface area contributed by atoms with Crippen LogP contribution in [0.3, 0.4) is 0 Å². The van der Waals surface area contributed by atoms with E-state index in [0.717, 1.165) is 0 Å². The summed E-state index contributed by atoms with van der Waals surface area (Å²) in [5.41, 5.74) is 0. The molecule has 0 saturated carbocycles. The summed E-state index contributed by atoms with van der Waals surface area (Å²) in [6.45, 7) is -0.0262. The quantitative estimate of drug-likeness (QED) is 0.453. The summed E-state index contributed by atoms with van der Waals surface area (Å²) in [5, 5.41) is 0. The lowest BCUT2D eigenvalue weighted by molar-refractivity contribution is -0.104. The fourth-order valence-corrected chi connectivity index (χ4v) is 0.884. The van der Waals surface area contributed by atoms with Gasteiger partial charge in [0.1, 0.15) is 0 Å². The van der Waals surface area contributed by atoms with E-state index in [1.807, 2.05) is 0 Å². The molecule has 6 nitrogen and oxygen atoms in total. The maximum Gasteiger partial charge on any atom is 0.472 e. The number of hydrogen-bond donors (Lipinski definition) is 2. The average molecular weight is 186 g/mol. The molecule has 0 fully saturated rings. The minimum Gasteiger partial charge on any atom is -0.379 e. The van der Waals surface area contributed by atoms with Gasteiger partial charge in [-0.1, -0.05) is 0 Å². The maximum absolute atomic E-state index is 10.2. The zero-order chi connectivity index (χ0) is 8.91. The normalized spacial score (nSPS) is 14.9. The van der Waals surface area contributed by atoms with Crippen molar-refractivity contribution in [3.8, 4) is 0 Å². The third kappa shape index (κ3) is 6.43. The van der Waals surface area contributed by atoms with Crippen LogP contribution in [0.15, 0.2) is 0 Å². The molecule has 0 radical (unpaired) electrons. The summed E-state index contributed by atoms with van der Waals surface area (Å²) in [7, 11) is -1.84. The predicted molar refractivity (Wildman–Crippen MR) is 35.8 cm³/mol. The first-order valence-corrected chi connectivity index (χ1v) is 4.28. The molecule has 0 aromatic rings. The highest BCUT2D eigenvalue weighted by Crippen LogP contribution is 2.37. The summed E-state index contributed by atoms with van der Waals surface area (Å²) >= 11 is 0. The predicted octanol–water partition coefficient (Wildman–Crippen LogP) is -0.285. The summed E-state index contributed by atoms with van der Waals surface area (Å²) in [6.07, 6.45) is -1.03. The first-order valence-electron chi connectivity index (χ1n) is 2.75. The third-order valence-corrected chi connectivity index (χ3v) is 1.33. The van der Waals surface area contributed by atoms with Crippen molar-refractivity contribution in [1.82, 2.24) is 0 Å². The molecule has 1 unspecified atom stereocenters. The van der Waals surface area contributed by atoms with Crippen molar-refractivity contribution in [1.29, 1.82) is 0 Å². The van der Waals surface area contributed by atoms with E-state index in [2.05, 4.69) is 14.0 Å². The Morgan fingerprint density at radius 1 is 1.45 bits per heavy atom. The van der Waals surface area contributed by atoms with Crippen molar-refractivity contribution < 1.29 is 28.3 Å². The van der Waals surface area contributed by atoms with Gasteiger partial charge in [0.25, 0.3) is 0 Å². The summed E-state index contributed by atoms with van der Waals surface area (Å²) < 4.78 is 23.4. The molecule has 11 heavy (non-hydrogen) atoms. The topological polar surface area (TPSA) is 85.2 Å². The van der Waals surface area contributed by atoms with Gasteiger partial charge in [0, 0.05) is 14.2 Å². The Kier molecular flexibility index (Phi) is 4.83. The van der Waals surface area contributed by atoms with Gasteiger partial charge in [-0.25, -0.2) is 4.57 Å². The molecule has 68 valence electrons. The summed E-state index contributed by atoms with van der Waals surface area (Å²) in [4.78, 5) is 16.6. The number of phosphoric ester groups is 1. The van der Waals surface area contributed by atoms with Gasteiger partial charge in [-0.2, -0.15) is 0 Å². The van der Waals surface area contributed by atoms with E-state index in [4.69, 9.17) is 9.79 Å². The lowest BCUT2D eigenvalue weighted by Gasteiger charge is -2.14. The first-order chi connectivity index (χ1) is 4.99. The molecule has 0 rings (SSSR count). The second kappa shape index (κ2) is 4.82. The summed E-state index contributed by atoms with van der Waals surface area (Å²) in [6, 6.07) is 0. The van der Waals surface area contributed by atoms with Crippen LogP contribution < -0.4 is 0 Å². The van der Waals surface area contributed by atoms with Crippen molar-refractivity contribution in [2.24, 2.45) is 0 Å². The fraction of sp³-hybridized carbons (Fsp3) is 1.00. The largest absolute Gasteiger partial charge is 0.472 e. The van der Waals surface area contributed by atoms with E-state index in [9.17, 15) is 4.57 Å². The van der Waals surface area contributed by atoms with Gasteiger partial charge < -0.3 is 19.3 Å². The Balaban J connectivity index is 3.78. The van der Waals surface area contributed by atoms with Crippen LogP contribution in [0.2, 0.25) is 0 Å². The molecular weight excluding hydrogens is 175 g/mol. The molecule has 7 heteroatoms. The molecule has 1 atom stereocenters. The molecule has 0 aromatic heterocycles. The average Bonchev–Trinajstić information content (AvgIpc) is 1.84. The van der Waals surface area contributed by atoms with E-state index >= 15 is 0 Å². The molecule has 0 amide bonds. The maximum atomic E-state index is 10.2. The van der Waals surface area contributed by atoms with Crippen LogP contribution in [0.1, 0.15) is 0 Å². The van der Waals surface area contributed by atoms with E-state index in [1.54, 1.807) is 0 Å². The van der Waals surface area contributed by atoms with Crippen LogP contribution >= 0.6 is 7.82 Å². The van der Waals surface area contributed by atoms with Crippen LogP contribution in [0.4, 0.5) is 0 Å². The van der Waals surface area contributed by atoms with E-state index in [1.165, 1.54) is 14.2 Å². The Morgan fingerprint density at radius 2 is 2.00 bits per heavy atom. The van der Waals surface area contributed by atoms with Crippen LogP contribution in [-0.2, 0) is 18.6 Å². The molecule has 0 bridgehead atoms. The van der Waals surface area contributed by atoms with Gasteiger partial charge in [-0.05, 0) is 0 Å². The number of hydrogen-bond acceptors (Lipinski definition) is 4. The van der Waals surface area contributed by atoms with E-state index in [-0.39, 0.29) is 6.61 Å². The number of rotatable bonds is 5. The van der Waals surface area contributed by atoms with Gasteiger partial charge >= 0.3 is 7.82 Å². The van der Waals surface area contributed by atoms with Crippen molar-refractivity contribution in [3.63, 3.8) is 0 Å². The lowest BCUT2D eigenvalue weighted by Crippen LogP contribution is -2.19. The zero-order valence-corrected chi connectivity index (χ0v) is 7.15. The number of phosphoric acid groups is 1. The van der Waals surface area contributed by atoms with E-state index < -0.39 is 14.1 Å². The molecule has 0 aromatic carbocycles. The Hall–Kier alpha value is 0.0300. The molecule has 0 saturated heterocycles. The minimum absolute atomic E-state index is 0.0262. The molecule has 0 aliphatic heterocycles. The first kappa shape index (κ1) is 11.0. The summed E-state index contributed by atoms with van der Waals surface area (Å²) in [5.74, 6) is 0. The zero-order valence-electron chi connectivity index (χ0n) is 6.26. The second-order valence-electron chi connectivity index (χ2n) is 1.72. The number of ether oxygens (including phenoxy) is 2. The molecular formula is C4H11O6P. The minimum atomic E-state index is -4.47. The molecule has 2 N–H and O–H groups in total. The van der Waals surface area contributed by atoms with Crippen molar-refractivity contribution >= 4 is 7.82 Å². The third-order valence-electron chi connectivity index (χ3n) is 0.821. The molecule has 0 heterocycles. The molecule has 0 spiro atoms. The monoisotopic (exact) mass is 186 g/mol. The van der Waals surface area contributed by atoms with Crippen molar-refractivity contribution in [2.45, 2.75) is 6.29 Å². The highest BCUT2D eigenvalue weighted by molar-refractivity contribution is 7.46. The van der Waals surface area contributed by atoms with Gasteiger partial charge in [0.05, 0.1) is 6.61 Å². The number of methoxy groups -OCH3 is 2.